The molecular formula is C10H16ClNO2. The monoisotopic (exact) mass is 217 g/mol. The third-order valence-corrected chi connectivity index (χ3v) is 3.12. The molecule has 0 aromatic carbocycles. The second-order valence-corrected chi connectivity index (χ2v) is 4.03. The van der Waals surface area contributed by atoms with Crippen LogP contribution in [0.15, 0.2) is 12.2 Å². The second-order valence-electron chi connectivity index (χ2n) is 4.03. The van der Waals surface area contributed by atoms with Crippen LogP contribution in [0, 0.1) is 5.92 Å². The fourth-order valence-corrected chi connectivity index (χ4v) is 2.54. The van der Waals surface area contributed by atoms with Gasteiger partial charge in [-0.2, -0.15) is 0 Å². The largest absolute Gasteiger partial charge is 0.478 e. The van der Waals surface area contributed by atoms with E-state index in [0.717, 1.165) is 18.5 Å². The molecule has 1 N–H and O–H groups in total. The first-order valence-electron chi connectivity index (χ1n) is 4.89. The van der Waals surface area contributed by atoms with Crippen LogP contribution >= 0.6 is 12.4 Å². The lowest BCUT2D eigenvalue weighted by atomic mass is 10.1. The van der Waals surface area contributed by atoms with Gasteiger partial charge in [-0.25, -0.2) is 4.79 Å². The lowest BCUT2D eigenvalue weighted by Gasteiger charge is -2.24. The number of halogens is 1. The zero-order valence-electron chi connectivity index (χ0n) is 8.06. The van der Waals surface area contributed by atoms with Crippen molar-refractivity contribution in [2.75, 3.05) is 13.1 Å². The van der Waals surface area contributed by atoms with Crippen LogP contribution < -0.4 is 0 Å². The maximum atomic E-state index is 10.2. The molecule has 0 spiro atoms. The minimum atomic E-state index is -0.843. The lowest BCUT2D eigenvalue weighted by molar-refractivity contribution is -0.131. The molecule has 0 amide bonds. The molecule has 3 nitrogen and oxygen atoms in total. The summed E-state index contributed by atoms with van der Waals surface area (Å²) in [6.45, 7) is 1.99. The van der Waals surface area contributed by atoms with Crippen LogP contribution in [0.2, 0.25) is 0 Å². The number of rotatable bonds is 3. The molecule has 4 heteroatoms. The van der Waals surface area contributed by atoms with E-state index in [9.17, 15) is 4.79 Å². The summed E-state index contributed by atoms with van der Waals surface area (Å²) in [5, 5.41) is 8.41. The zero-order valence-corrected chi connectivity index (χ0v) is 8.87. The van der Waals surface area contributed by atoms with Crippen molar-refractivity contribution in [2.45, 2.75) is 25.3 Å². The van der Waals surface area contributed by atoms with E-state index in [2.05, 4.69) is 4.90 Å². The normalized spacial score (nSPS) is 30.9. The molecule has 1 saturated carbocycles. The Morgan fingerprint density at radius 2 is 2.29 bits per heavy atom. The Labute approximate surface area is 90.2 Å². The smallest absolute Gasteiger partial charge is 0.328 e. The number of carboxylic acid groups (broad SMARTS) is 1. The number of aliphatic carboxylic acids is 1. The number of likely N-dealkylation sites (tertiary alicyclic amines) is 1. The fourth-order valence-electron chi connectivity index (χ4n) is 2.54. The summed E-state index contributed by atoms with van der Waals surface area (Å²) in [4.78, 5) is 12.6. The van der Waals surface area contributed by atoms with Crippen molar-refractivity contribution in [2.24, 2.45) is 5.92 Å². The topological polar surface area (TPSA) is 40.5 Å². The van der Waals surface area contributed by atoms with Gasteiger partial charge in [0.15, 0.2) is 0 Å². The molecule has 14 heavy (non-hydrogen) atoms. The summed E-state index contributed by atoms with van der Waals surface area (Å²) < 4.78 is 0. The third kappa shape index (κ3) is 2.49. The number of hydrogen-bond acceptors (Lipinski definition) is 2. The van der Waals surface area contributed by atoms with E-state index in [1.54, 1.807) is 6.08 Å². The summed E-state index contributed by atoms with van der Waals surface area (Å²) in [5.74, 6) is 0.0487. The molecule has 0 radical (unpaired) electrons. The number of fused-ring (bicyclic) bond motifs is 2. The second kappa shape index (κ2) is 4.80. The highest BCUT2D eigenvalue weighted by Crippen LogP contribution is 2.36. The maximum Gasteiger partial charge on any atom is 0.328 e. The van der Waals surface area contributed by atoms with Crippen molar-refractivity contribution < 1.29 is 9.90 Å². The standard InChI is InChI=1S/C10H15NO2.ClH/c12-10(13)2-1-5-11-7-8-3-4-9(11)6-8;/h1-2,8-9H,3-7H2,(H,12,13);1H/b2-1+;. The number of carboxylic acids is 1. The molecule has 0 aromatic heterocycles. The molecule has 2 aliphatic rings. The highest BCUT2D eigenvalue weighted by molar-refractivity contribution is 5.85. The molecule has 1 saturated heterocycles. The van der Waals surface area contributed by atoms with E-state index >= 15 is 0 Å². The molecule has 0 aromatic rings. The molecule has 2 atom stereocenters. The van der Waals surface area contributed by atoms with Gasteiger partial charge < -0.3 is 5.11 Å². The van der Waals surface area contributed by atoms with E-state index in [4.69, 9.17) is 5.11 Å². The molecule has 2 rings (SSSR count). The van der Waals surface area contributed by atoms with Crippen LogP contribution in [-0.4, -0.2) is 35.1 Å². The van der Waals surface area contributed by atoms with Crippen molar-refractivity contribution in [3.8, 4) is 0 Å². The molecule has 2 fully saturated rings. The first-order chi connectivity index (χ1) is 6.25. The molecule has 1 aliphatic heterocycles. The van der Waals surface area contributed by atoms with Crippen molar-refractivity contribution >= 4 is 18.4 Å². The number of hydrogen-bond donors (Lipinski definition) is 1. The van der Waals surface area contributed by atoms with Gasteiger partial charge in [0, 0.05) is 25.2 Å². The van der Waals surface area contributed by atoms with E-state index in [1.165, 1.54) is 31.9 Å². The SMILES string of the molecule is Cl.O=C(O)/C=C/CN1CC2CCC1C2. The van der Waals surface area contributed by atoms with E-state index < -0.39 is 5.97 Å². The highest BCUT2D eigenvalue weighted by Gasteiger charge is 2.36. The van der Waals surface area contributed by atoms with Gasteiger partial charge in [0.1, 0.15) is 0 Å². The first-order valence-corrected chi connectivity index (χ1v) is 4.89. The minimum Gasteiger partial charge on any atom is -0.478 e. The Morgan fingerprint density at radius 1 is 1.50 bits per heavy atom. The van der Waals surface area contributed by atoms with Gasteiger partial charge >= 0.3 is 5.97 Å². The molecule has 2 unspecified atom stereocenters. The van der Waals surface area contributed by atoms with Gasteiger partial charge in [0.05, 0.1) is 0 Å². The van der Waals surface area contributed by atoms with Crippen molar-refractivity contribution in [1.82, 2.24) is 4.90 Å². The Hall–Kier alpha value is -0.540. The van der Waals surface area contributed by atoms with Crippen LogP contribution in [-0.2, 0) is 4.79 Å². The summed E-state index contributed by atoms with van der Waals surface area (Å²) >= 11 is 0. The van der Waals surface area contributed by atoms with E-state index in [-0.39, 0.29) is 12.4 Å². The average Bonchev–Trinajstić information content (AvgIpc) is 2.64. The molecule has 2 bridgehead atoms. The number of carbonyl (C=O) groups is 1. The van der Waals surface area contributed by atoms with Gasteiger partial charge in [-0.05, 0) is 25.2 Å². The predicted molar refractivity (Wildman–Crippen MR) is 56.7 cm³/mol. The number of piperidine rings is 1. The van der Waals surface area contributed by atoms with E-state index in [0.29, 0.717) is 0 Å². The van der Waals surface area contributed by atoms with Crippen LogP contribution in [0.25, 0.3) is 0 Å². The molecule has 80 valence electrons. The zero-order chi connectivity index (χ0) is 9.26. The van der Waals surface area contributed by atoms with E-state index in [1.807, 2.05) is 0 Å². The number of nitrogens with zero attached hydrogens (tertiary/aromatic N) is 1. The predicted octanol–water partition coefficient (Wildman–Crippen LogP) is 1.53. The first kappa shape index (κ1) is 11.5. The Kier molecular flexibility index (Phi) is 3.96. The van der Waals surface area contributed by atoms with Crippen LogP contribution in [0.3, 0.4) is 0 Å². The van der Waals surface area contributed by atoms with Crippen molar-refractivity contribution in [1.29, 1.82) is 0 Å². The summed E-state index contributed by atoms with van der Waals surface area (Å²) in [6.07, 6.45) is 7.02. The Morgan fingerprint density at radius 3 is 2.79 bits per heavy atom. The summed E-state index contributed by atoms with van der Waals surface area (Å²) in [7, 11) is 0. The summed E-state index contributed by atoms with van der Waals surface area (Å²) in [6, 6.07) is 0.739. The van der Waals surface area contributed by atoms with Crippen molar-refractivity contribution in [3.63, 3.8) is 0 Å². The maximum absolute atomic E-state index is 10.2. The van der Waals surface area contributed by atoms with Crippen LogP contribution in [0.1, 0.15) is 19.3 Å². The third-order valence-electron chi connectivity index (χ3n) is 3.12. The van der Waals surface area contributed by atoms with Gasteiger partial charge in [0.2, 0.25) is 0 Å². The van der Waals surface area contributed by atoms with Gasteiger partial charge in [0.25, 0.3) is 0 Å². The Balaban J connectivity index is 0.000000980. The minimum absolute atomic E-state index is 0. The fraction of sp³-hybridized carbons (Fsp3) is 0.700. The average molecular weight is 218 g/mol. The van der Waals surface area contributed by atoms with Gasteiger partial charge in [-0.15, -0.1) is 12.4 Å². The van der Waals surface area contributed by atoms with Crippen LogP contribution in [0.4, 0.5) is 0 Å². The Bertz CT molecular complexity index is 242. The van der Waals surface area contributed by atoms with Crippen LogP contribution in [0.5, 0.6) is 0 Å². The summed E-state index contributed by atoms with van der Waals surface area (Å²) in [5.41, 5.74) is 0. The molecule has 1 heterocycles. The highest BCUT2D eigenvalue weighted by atomic mass is 35.5. The molecule has 1 aliphatic carbocycles. The quantitative estimate of drug-likeness (QED) is 0.729. The lowest BCUT2D eigenvalue weighted by Crippen LogP contribution is -2.32. The van der Waals surface area contributed by atoms with Gasteiger partial charge in [-0.1, -0.05) is 6.08 Å². The van der Waals surface area contributed by atoms with Crippen molar-refractivity contribution in [3.05, 3.63) is 12.2 Å². The van der Waals surface area contributed by atoms with Gasteiger partial charge in [-0.3, -0.25) is 4.90 Å². The molecular weight excluding hydrogens is 202 g/mol.